The van der Waals surface area contributed by atoms with Crippen LogP contribution < -0.4 is 5.32 Å². The minimum Gasteiger partial charge on any atom is -0.376 e. The fourth-order valence-corrected chi connectivity index (χ4v) is 4.86. The van der Waals surface area contributed by atoms with E-state index in [9.17, 15) is 29.8 Å². The molecule has 2 amide bonds. The standard InChI is InChI=1S/C22H18N4O7/c27-20-18-17-8-9-22(33-17,19(18)21(28)24(20)11-13-4-2-1-3-5-13)12-23-15-7-6-14(25(29)30)10-16(15)26(31)32/h1-10,17-19,23H,11-12H2/t17-,18-,19+,22+/m1/s1. The molecule has 2 aromatic carbocycles. The molecule has 168 valence electrons. The lowest BCUT2D eigenvalue weighted by atomic mass is 9.77. The van der Waals surface area contributed by atoms with Gasteiger partial charge in [0.05, 0.1) is 40.4 Å². The van der Waals surface area contributed by atoms with Gasteiger partial charge in [-0.3, -0.25) is 34.7 Å². The van der Waals surface area contributed by atoms with Crippen LogP contribution in [0.1, 0.15) is 5.56 Å². The van der Waals surface area contributed by atoms with Gasteiger partial charge in [-0.1, -0.05) is 42.5 Å². The molecule has 0 aliphatic carbocycles. The van der Waals surface area contributed by atoms with Crippen molar-refractivity contribution in [3.63, 3.8) is 0 Å². The molecule has 2 saturated heterocycles. The molecule has 1 N–H and O–H groups in total. The molecule has 4 atom stereocenters. The SMILES string of the molecule is O=C1[C@H]2[C@@H](C(=O)N1Cc1ccccc1)[C@@]1(CNc3ccc([N+](=O)[O-])cc3[N+](=O)[O-])C=C[C@H]2O1. The van der Waals surface area contributed by atoms with E-state index in [0.29, 0.717) is 0 Å². The number of carbonyl (C=O) groups is 2. The molecule has 0 spiro atoms. The second kappa shape index (κ2) is 7.48. The Bertz CT molecular complexity index is 1210. The molecule has 5 rings (SSSR count). The van der Waals surface area contributed by atoms with Gasteiger partial charge in [0.25, 0.3) is 11.4 Å². The number of carbonyl (C=O) groups excluding carboxylic acids is 2. The first-order valence-electron chi connectivity index (χ1n) is 10.2. The smallest absolute Gasteiger partial charge is 0.299 e. The first kappa shape index (κ1) is 20.8. The number of nitrogens with one attached hydrogen (secondary N) is 1. The van der Waals surface area contributed by atoms with Crippen LogP contribution >= 0.6 is 0 Å². The summed E-state index contributed by atoms with van der Waals surface area (Å²) in [5, 5.41) is 25.3. The van der Waals surface area contributed by atoms with E-state index < -0.39 is 44.8 Å². The van der Waals surface area contributed by atoms with E-state index in [1.165, 1.54) is 11.0 Å². The first-order valence-corrected chi connectivity index (χ1v) is 10.2. The van der Waals surface area contributed by atoms with Gasteiger partial charge in [0.15, 0.2) is 0 Å². The zero-order chi connectivity index (χ0) is 23.3. The van der Waals surface area contributed by atoms with E-state index in [1.54, 1.807) is 12.2 Å². The van der Waals surface area contributed by atoms with Crippen molar-refractivity contribution in [2.75, 3.05) is 11.9 Å². The van der Waals surface area contributed by atoms with Crippen LogP contribution in [-0.2, 0) is 20.9 Å². The molecule has 2 bridgehead atoms. The van der Waals surface area contributed by atoms with Crippen LogP contribution in [0.4, 0.5) is 17.1 Å². The van der Waals surface area contributed by atoms with Crippen molar-refractivity contribution in [2.24, 2.45) is 11.8 Å². The van der Waals surface area contributed by atoms with Crippen LogP contribution in [-0.4, -0.2) is 44.8 Å². The van der Waals surface area contributed by atoms with E-state index in [4.69, 9.17) is 4.74 Å². The molecule has 11 heteroatoms. The molecule has 3 aliphatic heterocycles. The summed E-state index contributed by atoms with van der Waals surface area (Å²) in [4.78, 5) is 48.6. The Labute approximate surface area is 186 Å². The summed E-state index contributed by atoms with van der Waals surface area (Å²) in [6.45, 7) is 0.146. The number of anilines is 1. The van der Waals surface area contributed by atoms with E-state index >= 15 is 0 Å². The van der Waals surface area contributed by atoms with Crippen LogP contribution in [0.2, 0.25) is 0 Å². The molecule has 33 heavy (non-hydrogen) atoms. The lowest BCUT2D eigenvalue weighted by Gasteiger charge is -2.29. The summed E-state index contributed by atoms with van der Waals surface area (Å²) >= 11 is 0. The number of ether oxygens (including phenoxy) is 1. The third-order valence-electron chi connectivity index (χ3n) is 6.37. The molecule has 0 saturated carbocycles. The third kappa shape index (κ3) is 3.24. The Kier molecular flexibility index (Phi) is 4.71. The number of fused-ring (bicyclic) bond motifs is 5. The number of non-ortho nitro benzene ring substituents is 1. The van der Waals surface area contributed by atoms with Crippen molar-refractivity contribution in [2.45, 2.75) is 18.2 Å². The van der Waals surface area contributed by atoms with E-state index in [0.717, 1.165) is 17.7 Å². The highest BCUT2D eigenvalue weighted by Crippen LogP contribution is 2.52. The quantitative estimate of drug-likeness (QED) is 0.293. The number of nitrogens with zero attached hydrogens (tertiary/aromatic N) is 3. The van der Waals surface area contributed by atoms with E-state index in [-0.39, 0.29) is 30.6 Å². The summed E-state index contributed by atoms with van der Waals surface area (Å²) in [5.74, 6) is -2.06. The number of likely N-dealkylation sites (tertiary alicyclic amines) is 1. The van der Waals surface area contributed by atoms with Gasteiger partial charge < -0.3 is 10.1 Å². The summed E-state index contributed by atoms with van der Waals surface area (Å²) in [5.41, 5.74) is -1.14. The fourth-order valence-electron chi connectivity index (χ4n) is 4.86. The molecule has 0 unspecified atom stereocenters. The average Bonchev–Trinajstić information content (AvgIpc) is 3.44. The molecule has 2 aromatic rings. The van der Waals surface area contributed by atoms with Crippen molar-refractivity contribution >= 4 is 28.9 Å². The summed E-state index contributed by atoms with van der Waals surface area (Å²) in [7, 11) is 0. The summed E-state index contributed by atoms with van der Waals surface area (Å²) in [6.07, 6.45) is 2.91. The number of rotatable bonds is 7. The van der Waals surface area contributed by atoms with Crippen LogP contribution in [0.5, 0.6) is 0 Å². The van der Waals surface area contributed by atoms with Gasteiger partial charge in [-0.2, -0.15) is 0 Å². The maximum atomic E-state index is 13.3. The Balaban J connectivity index is 1.39. The molecule has 0 radical (unpaired) electrons. The number of nitro benzene ring substituents is 2. The topological polar surface area (TPSA) is 145 Å². The predicted molar refractivity (Wildman–Crippen MR) is 114 cm³/mol. The zero-order valence-electron chi connectivity index (χ0n) is 17.1. The highest BCUT2D eigenvalue weighted by atomic mass is 16.6. The fraction of sp³-hybridized carbons (Fsp3) is 0.273. The van der Waals surface area contributed by atoms with Gasteiger partial charge in [-0.05, 0) is 11.6 Å². The summed E-state index contributed by atoms with van der Waals surface area (Å²) in [6, 6.07) is 12.5. The number of amides is 2. The second-order valence-electron chi connectivity index (χ2n) is 8.22. The van der Waals surface area contributed by atoms with Gasteiger partial charge in [0, 0.05) is 12.6 Å². The highest BCUT2D eigenvalue weighted by molar-refractivity contribution is 6.07. The highest BCUT2D eigenvalue weighted by Gasteiger charge is 2.67. The Morgan fingerprint density at radius 2 is 1.79 bits per heavy atom. The Morgan fingerprint density at radius 1 is 1.03 bits per heavy atom. The number of hydrogen-bond acceptors (Lipinski definition) is 8. The minimum absolute atomic E-state index is 0.0159. The van der Waals surface area contributed by atoms with Crippen LogP contribution in [0.25, 0.3) is 0 Å². The van der Waals surface area contributed by atoms with Gasteiger partial charge in [0.2, 0.25) is 11.8 Å². The number of hydrogen-bond donors (Lipinski definition) is 1. The van der Waals surface area contributed by atoms with E-state index in [1.807, 2.05) is 30.3 Å². The van der Waals surface area contributed by atoms with Crippen molar-refractivity contribution in [3.05, 3.63) is 86.5 Å². The van der Waals surface area contributed by atoms with Crippen molar-refractivity contribution in [3.8, 4) is 0 Å². The van der Waals surface area contributed by atoms with Gasteiger partial charge in [0.1, 0.15) is 11.3 Å². The molecule has 3 heterocycles. The lowest BCUT2D eigenvalue weighted by molar-refractivity contribution is -0.393. The minimum atomic E-state index is -1.15. The maximum Gasteiger partial charge on any atom is 0.299 e. The molecule has 11 nitrogen and oxygen atoms in total. The monoisotopic (exact) mass is 450 g/mol. The molecular formula is C22H18N4O7. The number of imide groups is 1. The predicted octanol–water partition coefficient (Wildman–Crippen LogP) is 2.42. The van der Waals surface area contributed by atoms with Crippen molar-refractivity contribution in [1.29, 1.82) is 0 Å². The van der Waals surface area contributed by atoms with Crippen molar-refractivity contribution < 1.29 is 24.2 Å². The van der Waals surface area contributed by atoms with Gasteiger partial charge >= 0.3 is 0 Å². The normalized spacial score (nSPS) is 27.2. The van der Waals surface area contributed by atoms with Crippen molar-refractivity contribution in [1.82, 2.24) is 4.90 Å². The lowest BCUT2D eigenvalue weighted by Crippen LogP contribution is -2.45. The number of nitro groups is 2. The van der Waals surface area contributed by atoms with E-state index in [2.05, 4.69) is 5.32 Å². The van der Waals surface area contributed by atoms with Gasteiger partial charge in [-0.15, -0.1) is 0 Å². The largest absolute Gasteiger partial charge is 0.376 e. The molecule has 2 fully saturated rings. The number of benzene rings is 2. The van der Waals surface area contributed by atoms with Crippen LogP contribution in [0.3, 0.4) is 0 Å². The Hall–Kier alpha value is -4.12. The average molecular weight is 450 g/mol. The van der Waals surface area contributed by atoms with Gasteiger partial charge in [-0.25, -0.2) is 0 Å². The van der Waals surface area contributed by atoms with Crippen LogP contribution in [0, 0.1) is 32.1 Å². The first-order chi connectivity index (χ1) is 15.8. The zero-order valence-corrected chi connectivity index (χ0v) is 17.1. The molecule has 0 aromatic heterocycles. The Morgan fingerprint density at radius 3 is 2.48 bits per heavy atom. The second-order valence-corrected chi connectivity index (χ2v) is 8.22. The summed E-state index contributed by atoms with van der Waals surface area (Å²) < 4.78 is 6.03. The van der Waals surface area contributed by atoms with Crippen LogP contribution in [0.15, 0.2) is 60.7 Å². The maximum absolute atomic E-state index is 13.3. The molecular weight excluding hydrogens is 432 g/mol. The third-order valence-corrected chi connectivity index (χ3v) is 6.37. The molecule has 3 aliphatic rings.